The Bertz CT molecular complexity index is 197. The standard InChI is InChI=1S/C10H16O/c1-7-6-9(11)10(2)5-3-4-8(7)10/h7-8H,3-6H2,1-2H3/t7-,8+,10+/m1/s1. The van der Waals surface area contributed by atoms with E-state index in [-0.39, 0.29) is 5.41 Å². The van der Waals surface area contributed by atoms with Gasteiger partial charge in [-0.15, -0.1) is 0 Å². The highest BCUT2D eigenvalue weighted by molar-refractivity contribution is 5.87. The van der Waals surface area contributed by atoms with Crippen molar-refractivity contribution in [2.75, 3.05) is 0 Å². The number of carbonyl (C=O) groups excluding carboxylic acids is 1. The van der Waals surface area contributed by atoms with E-state index in [4.69, 9.17) is 0 Å². The first-order valence-electron chi connectivity index (χ1n) is 4.68. The van der Waals surface area contributed by atoms with Gasteiger partial charge in [0.05, 0.1) is 0 Å². The SMILES string of the molecule is C[C@@H]1CC(=O)[C@@]2(C)CCC[C@@H]12. The van der Waals surface area contributed by atoms with Crippen LogP contribution in [0.4, 0.5) is 0 Å². The van der Waals surface area contributed by atoms with E-state index in [2.05, 4.69) is 13.8 Å². The van der Waals surface area contributed by atoms with Gasteiger partial charge in [-0.1, -0.05) is 20.3 Å². The fraction of sp³-hybridized carbons (Fsp3) is 0.900. The van der Waals surface area contributed by atoms with Crippen LogP contribution in [0.25, 0.3) is 0 Å². The Kier molecular flexibility index (Phi) is 1.39. The van der Waals surface area contributed by atoms with E-state index in [1.165, 1.54) is 12.8 Å². The van der Waals surface area contributed by atoms with Crippen molar-refractivity contribution < 1.29 is 4.79 Å². The lowest BCUT2D eigenvalue weighted by atomic mass is 9.80. The molecular weight excluding hydrogens is 136 g/mol. The van der Waals surface area contributed by atoms with Crippen molar-refractivity contribution in [3.63, 3.8) is 0 Å². The number of hydrogen-bond acceptors (Lipinski definition) is 1. The molecule has 0 N–H and O–H groups in total. The second kappa shape index (κ2) is 2.09. The van der Waals surface area contributed by atoms with E-state index >= 15 is 0 Å². The monoisotopic (exact) mass is 152 g/mol. The molecule has 0 unspecified atom stereocenters. The summed E-state index contributed by atoms with van der Waals surface area (Å²) in [6.07, 6.45) is 4.57. The van der Waals surface area contributed by atoms with Crippen LogP contribution in [0, 0.1) is 17.3 Å². The molecule has 0 bridgehead atoms. The second-order valence-corrected chi connectivity index (χ2v) is 4.52. The van der Waals surface area contributed by atoms with Crippen LogP contribution in [-0.2, 0) is 4.79 Å². The van der Waals surface area contributed by atoms with Crippen molar-refractivity contribution in [1.29, 1.82) is 0 Å². The third-order valence-electron chi connectivity index (χ3n) is 3.86. The third-order valence-corrected chi connectivity index (χ3v) is 3.86. The van der Waals surface area contributed by atoms with Crippen molar-refractivity contribution in [3.05, 3.63) is 0 Å². The van der Waals surface area contributed by atoms with Crippen LogP contribution in [0.2, 0.25) is 0 Å². The molecule has 0 aliphatic heterocycles. The molecule has 0 radical (unpaired) electrons. The van der Waals surface area contributed by atoms with Crippen LogP contribution in [0.1, 0.15) is 39.5 Å². The van der Waals surface area contributed by atoms with E-state index in [1.807, 2.05) is 0 Å². The topological polar surface area (TPSA) is 17.1 Å². The lowest BCUT2D eigenvalue weighted by Gasteiger charge is -2.23. The van der Waals surface area contributed by atoms with Gasteiger partial charge in [0.25, 0.3) is 0 Å². The van der Waals surface area contributed by atoms with Crippen molar-refractivity contribution in [3.8, 4) is 0 Å². The lowest BCUT2D eigenvalue weighted by molar-refractivity contribution is -0.125. The predicted octanol–water partition coefficient (Wildman–Crippen LogP) is 2.40. The van der Waals surface area contributed by atoms with Gasteiger partial charge in [-0.25, -0.2) is 0 Å². The summed E-state index contributed by atoms with van der Waals surface area (Å²) in [5, 5.41) is 0. The number of Topliss-reactive ketones (excluding diaryl/α,β-unsaturated/α-hetero) is 1. The quantitative estimate of drug-likeness (QED) is 0.521. The molecule has 0 aromatic rings. The summed E-state index contributed by atoms with van der Waals surface area (Å²) in [6, 6.07) is 0. The van der Waals surface area contributed by atoms with Gasteiger partial charge >= 0.3 is 0 Å². The van der Waals surface area contributed by atoms with Crippen molar-refractivity contribution >= 4 is 5.78 Å². The summed E-state index contributed by atoms with van der Waals surface area (Å²) < 4.78 is 0. The Morgan fingerprint density at radius 3 is 2.91 bits per heavy atom. The molecule has 2 aliphatic carbocycles. The highest BCUT2D eigenvalue weighted by atomic mass is 16.1. The van der Waals surface area contributed by atoms with Gasteiger partial charge in [0, 0.05) is 11.8 Å². The van der Waals surface area contributed by atoms with Crippen LogP contribution >= 0.6 is 0 Å². The zero-order valence-electron chi connectivity index (χ0n) is 7.39. The zero-order chi connectivity index (χ0) is 8.06. The molecule has 2 rings (SSSR count). The molecule has 2 fully saturated rings. The fourth-order valence-corrected chi connectivity index (χ4v) is 3.12. The Labute approximate surface area is 68.2 Å². The van der Waals surface area contributed by atoms with Gasteiger partial charge in [0.2, 0.25) is 0 Å². The van der Waals surface area contributed by atoms with Crippen molar-refractivity contribution in [1.82, 2.24) is 0 Å². The Balaban J connectivity index is 2.32. The lowest BCUT2D eigenvalue weighted by Crippen LogP contribution is -2.24. The summed E-state index contributed by atoms with van der Waals surface area (Å²) in [4.78, 5) is 11.6. The molecule has 1 nitrogen and oxygen atoms in total. The fourth-order valence-electron chi connectivity index (χ4n) is 3.12. The van der Waals surface area contributed by atoms with Crippen molar-refractivity contribution in [2.45, 2.75) is 39.5 Å². The van der Waals surface area contributed by atoms with E-state index in [0.29, 0.717) is 11.7 Å². The van der Waals surface area contributed by atoms with Crippen LogP contribution in [-0.4, -0.2) is 5.78 Å². The molecule has 0 amide bonds. The predicted molar refractivity (Wildman–Crippen MR) is 44.2 cm³/mol. The van der Waals surface area contributed by atoms with Crippen LogP contribution < -0.4 is 0 Å². The smallest absolute Gasteiger partial charge is 0.139 e. The van der Waals surface area contributed by atoms with Gasteiger partial charge in [-0.3, -0.25) is 4.79 Å². The van der Waals surface area contributed by atoms with Crippen LogP contribution in [0.15, 0.2) is 0 Å². The molecule has 0 aromatic carbocycles. The third kappa shape index (κ3) is 0.800. The molecule has 0 aromatic heterocycles. The summed E-state index contributed by atoms with van der Waals surface area (Å²) in [5.74, 6) is 1.91. The molecule has 0 heterocycles. The Hall–Kier alpha value is -0.330. The second-order valence-electron chi connectivity index (χ2n) is 4.52. The first-order valence-corrected chi connectivity index (χ1v) is 4.68. The van der Waals surface area contributed by atoms with E-state index in [0.717, 1.165) is 18.8 Å². The van der Waals surface area contributed by atoms with Gasteiger partial charge < -0.3 is 0 Å². The summed E-state index contributed by atoms with van der Waals surface area (Å²) in [7, 11) is 0. The maximum Gasteiger partial charge on any atom is 0.139 e. The zero-order valence-corrected chi connectivity index (χ0v) is 7.39. The molecule has 0 saturated heterocycles. The minimum atomic E-state index is 0.0966. The molecule has 2 saturated carbocycles. The molecule has 0 spiro atoms. The van der Waals surface area contributed by atoms with E-state index in [1.54, 1.807) is 0 Å². The van der Waals surface area contributed by atoms with Gasteiger partial charge in [-0.2, -0.15) is 0 Å². The maximum absolute atomic E-state index is 11.6. The highest BCUT2D eigenvalue weighted by Gasteiger charge is 2.51. The average molecular weight is 152 g/mol. The van der Waals surface area contributed by atoms with E-state index < -0.39 is 0 Å². The number of hydrogen-bond donors (Lipinski definition) is 0. The van der Waals surface area contributed by atoms with E-state index in [9.17, 15) is 4.79 Å². The molecule has 1 heteroatoms. The number of rotatable bonds is 0. The largest absolute Gasteiger partial charge is 0.299 e. The maximum atomic E-state index is 11.6. The Morgan fingerprint density at radius 2 is 2.27 bits per heavy atom. The van der Waals surface area contributed by atoms with Crippen LogP contribution in [0.3, 0.4) is 0 Å². The molecule has 2 aliphatic rings. The average Bonchev–Trinajstić information content (AvgIpc) is 2.39. The molecule has 3 atom stereocenters. The van der Waals surface area contributed by atoms with Gasteiger partial charge in [-0.05, 0) is 24.7 Å². The van der Waals surface area contributed by atoms with Crippen molar-refractivity contribution in [2.24, 2.45) is 17.3 Å². The van der Waals surface area contributed by atoms with Gasteiger partial charge in [0.1, 0.15) is 5.78 Å². The molecule has 11 heavy (non-hydrogen) atoms. The molecular formula is C10H16O. The first kappa shape index (κ1) is 7.33. The summed E-state index contributed by atoms with van der Waals surface area (Å²) >= 11 is 0. The highest BCUT2D eigenvalue weighted by Crippen LogP contribution is 2.54. The number of fused-ring (bicyclic) bond motifs is 1. The number of ketones is 1. The molecule has 62 valence electrons. The first-order chi connectivity index (χ1) is 5.14. The minimum Gasteiger partial charge on any atom is -0.299 e. The number of carbonyl (C=O) groups is 1. The Morgan fingerprint density at radius 1 is 1.55 bits per heavy atom. The van der Waals surface area contributed by atoms with Gasteiger partial charge in [0.15, 0.2) is 0 Å². The summed E-state index contributed by atoms with van der Waals surface area (Å²) in [6.45, 7) is 4.41. The summed E-state index contributed by atoms with van der Waals surface area (Å²) in [5.41, 5.74) is 0.0966. The normalized spacial score (nSPS) is 49.8. The minimum absolute atomic E-state index is 0.0966. The van der Waals surface area contributed by atoms with Crippen LogP contribution in [0.5, 0.6) is 0 Å².